The van der Waals surface area contributed by atoms with Crippen LogP contribution in [0.3, 0.4) is 0 Å². The molecule has 3 rings (SSSR count). The van der Waals surface area contributed by atoms with Gasteiger partial charge in [-0.1, -0.05) is 55.4 Å². The van der Waals surface area contributed by atoms with Crippen LogP contribution in [0.1, 0.15) is 19.4 Å². The Balaban J connectivity index is 0.000000849. The molecule has 0 atom stereocenters. The average molecular weight is 328 g/mol. The van der Waals surface area contributed by atoms with Crippen LogP contribution in [0, 0.1) is 13.0 Å². The van der Waals surface area contributed by atoms with E-state index in [0.29, 0.717) is 0 Å². The summed E-state index contributed by atoms with van der Waals surface area (Å²) in [5.41, 5.74) is 4.72. The van der Waals surface area contributed by atoms with E-state index in [1.165, 1.54) is 5.56 Å². The van der Waals surface area contributed by atoms with Gasteiger partial charge in [0, 0.05) is 11.4 Å². The Morgan fingerprint density at radius 3 is 1.70 bits per heavy atom. The number of benzene rings is 3. The molecule has 23 heavy (non-hydrogen) atoms. The summed E-state index contributed by atoms with van der Waals surface area (Å²) in [6, 6.07) is 30.1. The zero-order valence-corrected chi connectivity index (χ0v) is 17.6. The first-order valence-corrected chi connectivity index (χ1v) is 7.72. The number of hydrogen-bond acceptors (Lipinski definition) is 1. The monoisotopic (exact) mass is 327 g/mol. The number of anilines is 3. The van der Waals surface area contributed by atoms with Crippen LogP contribution >= 0.6 is 0 Å². The van der Waals surface area contributed by atoms with Crippen molar-refractivity contribution in [1.29, 1.82) is 0 Å². The van der Waals surface area contributed by atoms with Crippen molar-refractivity contribution in [2.24, 2.45) is 0 Å². The van der Waals surface area contributed by atoms with Gasteiger partial charge in [0.2, 0.25) is 0 Å². The van der Waals surface area contributed by atoms with Crippen LogP contribution < -0.4 is 56.3 Å². The molecule has 0 amide bonds. The van der Waals surface area contributed by atoms with Gasteiger partial charge in [0.25, 0.3) is 0 Å². The van der Waals surface area contributed by atoms with Gasteiger partial charge >= 0.3 is 51.4 Å². The molecule has 0 N–H and O–H groups in total. The summed E-state index contributed by atoms with van der Waals surface area (Å²) in [7, 11) is 0. The molecule has 0 bridgehead atoms. The van der Waals surface area contributed by atoms with E-state index in [2.05, 4.69) is 78.6 Å². The van der Waals surface area contributed by atoms with Gasteiger partial charge in [0.05, 0.1) is 0 Å². The van der Waals surface area contributed by atoms with E-state index in [4.69, 9.17) is 0 Å². The van der Waals surface area contributed by atoms with E-state index < -0.39 is 0 Å². The summed E-state index contributed by atoms with van der Waals surface area (Å²) in [4.78, 5) is 2.24. The molecule has 0 unspecified atom stereocenters. The van der Waals surface area contributed by atoms with Crippen molar-refractivity contribution in [3.63, 3.8) is 0 Å². The van der Waals surface area contributed by atoms with Crippen molar-refractivity contribution in [1.82, 2.24) is 0 Å². The van der Waals surface area contributed by atoms with Crippen LogP contribution in [0.25, 0.3) is 0 Å². The molecule has 3 aromatic rings. The zero-order valence-electron chi connectivity index (χ0n) is 14.5. The van der Waals surface area contributed by atoms with Gasteiger partial charge in [-0.15, -0.1) is 12.1 Å². The van der Waals surface area contributed by atoms with Gasteiger partial charge in [-0.2, -0.15) is 18.2 Å². The molecule has 0 aliphatic rings. The molecular weight excluding hydrogens is 305 g/mol. The van der Waals surface area contributed by atoms with Gasteiger partial charge in [-0.05, 0) is 31.2 Å². The van der Waals surface area contributed by atoms with Crippen LogP contribution in [-0.4, -0.2) is 0 Å². The van der Waals surface area contributed by atoms with E-state index in [0.717, 1.165) is 17.1 Å². The predicted octanol–water partition coefficient (Wildman–Crippen LogP) is 3.30. The van der Waals surface area contributed by atoms with Crippen molar-refractivity contribution in [2.75, 3.05) is 4.90 Å². The van der Waals surface area contributed by atoms with Crippen LogP contribution in [0.5, 0.6) is 0 Å². The average Bonchev–Trinajstić information content (AvgIpc) is 2.61. The molecule has 0 radical (unpaired) electrons. The van der Waals surface area contributed by atoms with Gasteiger partial charge in [-0.3, -0.25) is 0 Å². The normalized spacial score (nSPS) is 9.17. The Morgan fingerprint density at radius 1 is 0.652 bits per heavy atom. The Kier molecular flexibility index (Phi) is 9.45. The minimum atomic E-state index is 0. The van der Waals surface area contributed by atoms with Crippen LogP contribution in [0.2, 0.25) is 0 Å². The number of hydrogen-bond donors (Lipinski definition) is 0. The number of aryl methyl sites for hydroxylation is 1. The Morgan fingerprint density at radius 2 is 1.13 bits per heavy atom. The second kappa shape index (κ2) is 10.8. The largest absolute Gasteiger partial charge is 1.00 e. The van der Waals surface area contributed by atoms with Crippen molar-refractivity contribution < 1.29 is 51.4 Å². The van der Waals surface area contributed by atoms with E-state index in [1.807, 2.05) is 32.0 Å². The van der Waals surface area contributed by atoms with E-state index in [-0.39, 0.29) is 51.4 Å². The van der Waals surface area contributed by atoms with Crippen molar-refractivity contribution in [3.05, 3.63) is 90.5 Å². The molecule has 0 saturated heterocycles. The summed E-state index contributed by atoms with van der Waals surface area (Å²) in [6.45, 7) is 6.11. The number of rotatable bonds is 3. The quantitative estimate of drug-likeness (QED) is 0.527. The summed E-state index contributed by atoms with van der Waals surface area (Å²) < 4.78 is 0. The standard InChI is InChI=1S/C19H16N.C2H6.K/c1-16-12-14-19(15-13-16)20(17-8-4-2-5-9-17)18-10-6-3-7-11-18;1-2;/h2,4-15H,1H3;1-2H3;/q-1;;+1. The van der Waals surface area contributed by atoms with Crippen molar-refractivity contribution in [2.45, 2.75) is 20.8 Å². The number of nitrogens with zero attached hydrogens (tertiary/aromatic N) is 1. The summed E-state index contributed by atoms with van der Waals surface area (Å²) in [5, 5.41) is 0. The Hall–Kier alpha value is -0.904. The minimum Gasteiger partial charge on any atom is -0.334 e. The third-order valence-electron chi connectivity index (χ3n) is 3.27. The SMILES string of the molecule is CC.Cc1ccc(N(c2cc[c-]cc2)c2ccccc2)cc1.[K+]. The smallest absolute Gasteiger partial charge is 0.334 e. The molecule has 0 spiro atoms. The molecule has 2 heteroatoms. The minimum absolute atomic E-state index is 0. The van der Waals surface area contributed by atoms with Gasteiger partial charge in [0.15, 0.2) is 0 Å². The molecule has 3 aromatic carbocycles. The van der Waals surface area contributed by atoms with Gasteiger partial charge < -0.3 is 4.90 Å². The topological polar surface area (TPSA) is 3.24 Å². The first-order valence-electron chi connectivity index (χ1n) is 7.72. The molecular formula is C21H22KN. The van der Waals surface area contributed by atoms with E-state index in [1.54, 1.807) is 0 Å². The molecule has 0 aromatic heterocycles. The Labute approximate surface area is 182 Å². The molecule has 0 saturated carbocycles. The summed E-state index contributed by atoms with van der Waals surface area (Å²) in [5.74, 6) is 0. The fourth-order valence-electron chi connectivity index (χ4n) is 2.25. The number of para-hydroxylation sites is 1. The van der Waals surface area contributed by atoms with Crippen molar-refractivity contribution >= 4 is 17.1 Å². The third kappa shape index (κ3) is 5.59. The second-order valence-corrected chi connectivity index (χ2v) is 4.76. The maximum atomic E-state index is 3.07. The van der Waals surface area contributed by atoms with E-state index in [9.17, 15) is 0 Å². The summed E-state index contributed by atoms with van der Waals surface area (Å²) in [6.07, 6.45) is 0. The second-order valence-electron chi connectivity index (χ2n) is 4.76. The maximum Gasteiger partial charge on any atom is 1.00 e. The fourth-order valence-corrected chi connectivity index (χ4v) is 2.25. The molecule has 1 nitrogen and oxygen atoms in total. The first-order chi connectivity index (χ1) is 10.8. The third-order valence-corrected chi connectivity index (χ3v) is 3.27. The van der Waals surface area contributed by atoms with Crippen LogP contribution in [0.15, 0.2) is 78.9 Å². The predicted molar refractivity (Wildman–Crippen MR) is 96.0 cm³/mol. The fraction of sp³-hybridized carbons (Fsp3) is 0.143. The molecule has 0 aliphatic carbocycles. The zero-order chi connectivity index (χ0) is 15.8. The van der Waals surface area contributed by atoms with E-state index >= 15 is 0 Å². The molecule has 0 fully saturated rings. The maximum absolute atomic E-state index is 3.07. The Bertz CT molecular complexity index is 624. The van der Waals surface area contributed by atoms with Crippen LogP contribution in [-0.2, 0) is 0 Å². The first kappa shape index (κ1) is 20.1. The molecule has 0 heterocycles. The van der Waals surface area contributed by atoms with Gasteiger partial charge in [-0.25, -0.2) is 0 Å². The van der Waals surface area contributed by atoms with Gasteiger partial charge in [0.1, 0.15) is 0 Å². The van der Waals surface area contributed by atoms with Crippen LogP contribution in [0.4, 0.5) is 17.1 Å². The summed E-state index contributed by atoms with van der Waals surface area (Å²) >= 11 is 0. The molecule has 0 aliphatic heterocycles. The van der Waals surface area contributed by atoms with Crippen molar-refractivity contribution in [3.8, 4) is 0 Å². The molecule has 112 valence electrons.